The van der Waals surface area contributed by atoms with Gasteiger partial charge in [0, 0.05) is 76.4 Å². The van der Waals surface area contributed by atoms with Crippen molar-refractivity contribution in [3.63, 3.8) is 0 Å². The molecular weight excluding hydrogens is 800 g/mol. The monoisotopic (exact) mass is 847 g/mol. The van der Waals surface area contributed by atoms with E-state index in [-0.39, 0.29) is 68.4 Å². The Balaban J connectivity index is 1.06. The van der Waals surface area contributed by atoms with E-state index in [4.69, 9.17) is 0 Å². The Kier molecular flexibility index (Phi) is 11.8. The quantitative estimate of drug-likeness (QED) is 0.166. The van der Waals surface area contributed by atoms with Gasteiger partial charge in [0.05, 0.1) is 29.7 Å². The van der Waals surface area contributed by atoms with Gasteiger partial charge in [0.1, 0.15) is 18.0 Å². The highest BCUT2D eigenvalue weighted by Gasteiger charge is 2.51. The van der Waals surface area contributed by atoms with Crippen LogP contribution in [0.2, 0.25) is 0 Å². The summed E-state index contributed by atoms with van der Waals surface area (Å²) in [6.45, 7) is 5.84. The highest BCUT2D eigenvalue weighted by atomic mass is 19.4. The minimum absolute atomic E-state index is 0.0389. The third-order valence-electron chi connectivity index (χ3n) is 12.1. The van der Waals surface area contributed by atoms with Crippen LogP contribution in [0, 0.1) is 0 Å². The van der Waals surface area contributed by atoms with E-state index in [9.17, 15) is 37.5 Å². The smallest absolute Gasteiger partial charge is 0.416 e. The minimum Gasteiger partial charge on any atom is -0.508 e. The Morgan fingerprint density at radius 1 is 0.871 bits per heavy atom. The Bertz CT molecular complexity index is 2470. The molecule has 3 aliphatic heterocycles. The highest BCUT2D eigenvalue weighted by molar-refractivity contribution is 6.08. The van der Waals surface area contributed by atoms with Crippen molar-refractivity contribution in [2.24, 2.45) is 7.05 Å². The number of nitrogens with zero attached hydrogens (tertiary/aromatic N) is 7. The fourth-order valence-electron chi connectivity index (χ4n) is 9.03. The van der Waals surface area contributed by atoms with Crippen LogP contribution in [0.3, 0.4) is 0 Å². The molecule has 15 heteroatoms. The number of anilines is 1. The molecule has 0 unspecified atom stereocenters. The number of aryl methyl sites for hydroxylation is 2. The van der Waals surface area contributed by atoms with Crippen LogP contribution in [0.4, 0.5) is 18.9 Å². The van der Waals surface area contributed by atoms with E-state index in [0.717, 1.165) is 34.3 Å². The Morgan fingerprint density at radius 2 is 1.58 bits per heavy atom. The number of carbonyl (C=O) groups is 4. The summed E-state index contributed by atoms with van der Waals surface area (Å²) < 4.78 is 41.3. The summed E-state index contributed by atoms with van der Waals surface area (Å²) in [4.78, 5) is 64.3. The van der Waals surface area contributed by atoms with Gasteiger partial charge >= 0.3 is 6.18 Å². The number of phenols is 1. The standard InChI is InChI=1S/C47H48F3N7O5/c1-3-22-55-31-43(60)56-40(27-33-12-19-37(58)20-13-33)46(62)54(30-41(56)57(55)42(59)21-14-32-8-5-4-6-9-32)28-34-10-7-11-38-39(29-51(2)44(34)38)45(61)53-25-23-52(24-26-53)36-17-15-35(16-18-36)47(48,49)50/h3-13,15-20,29,40-41,58H,1,14,21-28,30-31H2,2H3/t40-,41-/m0/s1. The first kappa shape index (κ1) is 42.1. The van der Waals surface area contributed by atoms with E-state index in [1.807, 2.05) is 65.0 Å². The number of alkyl halides is 3. The van der Waals surface area contributed by atoms with Crippen molar-refractivity contribution in [2.45, 2.75) is 44.2 Å². The SMILES string of the molecule is C=CCN1CC(=O)N2[C@@H](Cc3ccc(O)cc3)C(=O)N(Cc3cccc4c(C(=O)N5CCN(c6ccc(C(F)(F)F)cc6)CC5)cn(C)c34)C[C@@H]2N1C(=O)CCc1ccccc1. The van der Waals surface area contributed by atoms with Crippen LogP contribution in [0.5, 0.6) is 5.75 Å². The second kappa shape index (κ2) is 17.4. The predicted molar refractivity (Wildman–Crippen MR) is 228 cm³/mol. The number of hydrazine groups is 1. The van der Waals surface area contributed by atoms with Crippen molar-refractivity contribution >= 4 is 40.2 Å². The molecule has 1 aromatic heterocycles. The molecule has 0 bridgehead atoms. The number of aromatic nitrogens is 1. The second-order valence-corrected chi connectivity index (χ2v) is 16.0. The maximum Gasteiger partial charge on any atom is 0.416 e. The average Bonchev–Trinajstić information content (AvgIpc) is 3.61. The molecule has 3 aliphatic rings. The summed E-state index contributed by atoms with van der Waals surface area (Å²) >= 11 is 0. The van der Waals surface area contributed by atoms with Crippen LogP contribution < -0.4 is 4.90 Å². The van der Waals surface area contributed by atoms with Crippen LogP contribution >= 0.6 is 0 Å². The number of piperazine rings is 2. The lowest BCUT2D eigenvalue weighted by Gasteiger charge is -2.55. The predicted octanol–water partition coefficient (Wildman–Crippen LogP) is 5.85. The molecular formula is C47H48F3N7O5. The first-order valence-electron chi connectivity index (χ1n) is 20.7. The van der Waals surface area contributed by atoms with Crippen molar-refractivity contribution in [1.82, 2.24) is 29.3 Å². The van der Waals surface area contributed by atoms with Gasteiger partial charge in [-0.1, -0.05) is 66.7 Å². The van der Waals surface area contributed by atoms with Crippen molar-refractivity contribution < 1.29 is 37.5 Å². The molecule has 8 rings (SSSR count). The maximum atomic E-state index is 14.8. The van der Waals surface area contributed by atoms with Gasteiger partial charge in [0.2, 0.25) is 17.7 Å². The molecule has 3 saturated heterocycles. The Morgan fingerprint density at radius 3 is 2.26 bits per heavy atom. The van der Waals surface area contributed by atoms with E-state index in [0.29, 0.717) is 49.2 Å². The van der Waals surface area contributed by atoms with Crippen molar-refractivity contribution in [3.8, 4) is 5.75 Å². The largest absolute Gasteiger partial charge is 0.508 e. The lowest BCUT2D eigenvalue weighted by Crippen LogP contribution is -2.75. The molecule has 0 spiro atoms. The van der Waals surface area contributed by atoms with Crippen LogP contribution in [-0.2, 0) is 47.0 Å². The molecule has 0 aliphatic carbocycles. The Labute approximate surface area is 357 Å². The van der Waals surface area contributed by atoms with Crippen molar-refractivity contribution in [1.29, 1.82) is 0 Å². The van der Waals surface area contributed by atoms with Gasteiger partial charge < -0.3 is 29.3 Å². The first-order chi connectivity index (χ1) is 29.8. The molecule has 2 atom stereocenters. The molecule has 1 N–H and O–H groups in total. The number of amides is 4. The normalized spacial score (nSPS) is 18.7. The van der Waals surface area contributed by atoms with Gasteiger partial charge in [-0.15, -0.1) is 6.58 Å². The first-order valence-corrected chi connectivity index (χ1v) is 20.7. The molecule has 3 fully saturated rings. The molecule has 4 amide bonds. The molecule has 0 radical (unpaired) electrons. The number of rotatable bonds is 11. The van der Waals surface area contributed by atoms with E-state index in [1.54, 1.807) is 49.1 Å². The van der Waals surface area contributed by atoms with Crippen LogP contribution in [0.15, 0.2) is 116 Å². The zero-order chi connectivity index (χ0) is 43.7. The summed E-state index contributed by atoms with van der Waals surface area (Å²) in [6.07, 6.45) is -0.979. The summed E-state index contributed by atoms with van der Waals surface area (Å²) in [5, 5.41) is 14.0. The number of hydrogen-bond acceptors (Lipinski definition) is 7. The number of halogens is 3. The molecule has 5 aromatic rings. The molecule has 322 valence electrons. The third-order valence-corrected chi connectivity index (χ3v) is 12.1. The van der Waals surface area contributed by atoms with Gasteiger partial charge in [-0.3, -0.25) is 19.2 Å². The lowest BCUT2D eigenvalue weighted by atomic mass is 9.97. The summed E-state index contributed by atoms with van der Waals surface area (Å²) in [5.41, 5.74) is 3.70. The number of fused-ring (bicyclic) bond motifs is 2. The molecule has 62 heavy (non-hydrogen) atoms. The van der Waals surface area contributed by atoms with Gasteiger partial charge in [-0.25, -0.2) is 10.0 Å². The van der Waals surface area contributed by atoms with Crippen LogP contribution in [0.1, 0.15) is 39.0 Å². The number of aromatic hydroxyl groups is 1. The van der Waals surface area contributed by atoms with Gasteiger partial charge in [-0.05, 0) is 59.5 Å². The van der Waals surface area contributed by atoms with Crippen molar-refractivity contribution in [3.05, 3.63) is 144 Å². The number of para-hydroxylation sites is 1. The van der Waals surface area contributed by atoms with Gasteiger partial charge in [0.25, 0.3) is 5.91 Å². The average molecular weight is 848 g/mol. The van der Waals surface area contributed by atoms with Crippen molar-refractivity contribution in [2.75, 3.05) is 50.7 Å². The lowest BCUT2D eigenvalue weighted by molar-refractivity contribution is -0.205. The molecule has 0 saturated carbocycles. The Hall–Kier alpha value is -6.61. The number of phenolic OH excluding ortho intramolecular Hbond substituents is 1. The summed E-state index contributed by atoms with van der Waals surface area (Å²) in [5.74, 6) is -0.866. The number of hydrogen-bond donors (Lipinski definition) is 1. The van der Waals surface area contributed by atoms with E-state index >= 15 is 0 Å². The van der Waals surface area contributed by atoms with E-state index in [2.05, 4.69) is 6.58 Å². The topological polar surface area (TPSA) is 113 Å². The highest BCUT2D eigenvalue weighted by Crippen LogP contribution is 2.34. The van der Waals surface area contributed by atoms with Crippen LogP contribution in [0.25, 0.3) is 10.9 Å². The number of carbonyl (C=O) groups excluding carboxylic acids is 4. The number of benzene rings is 4. The van der Waals surface area contributed by atoms with E-state index < -0.39 is 23.9 Å². The van der Waals surface area contributed by atoms with Gasteiger partial charge in [-0.2, -0.15) is 13.2 Å². The fourth-order valence-corrected chi connectivity index (χ4v) is 9.03. The minimum atomic E-state index is -4.42. The zero-order valence-electron chi connectivity index (χ0n) is 34.4. The van der Waals surface area contributed by atoms with Crippen LogP contribution in [-0.4, -0.2) is 116 Å². The molecule has 4 heterocycles. The second-order valence-electron chi connectivity index (χ2n) is 16.0. The fraction of sp³-hybridized carbons (Fsp3) is 0.319. The van der Waals surface area contributed by atoms with E-state index in [1.165, 1.54) is 24.3 Å². The summed E-state index contributed by atoms with van der Waals surface area (Å²) in [6, 6.07) is 25.9. The molecule has 4 aromatic carbocycles. The third kappa shape index (κ3) is 8.49. The summed E-state index contributed by atoms with van der Waals surface area (Å²) in [7, 11) is 1.85. The van der Waals surface area contributed by atoms with Gasteiger partial charge in [0.15, 0.2) is 0 Å². The maximum absolute atomic E-state index is 14.8. The zero-order valence-corrected chi connectivity index (χ0v) is 34.4. The molecule has 12 nitrogen and oxygen atoms in total.